The predicted molar refractivity (Wildman–Crippen MR) is 55.5 cm³/mol. The van der Waals surface area contributed by atoms with Gasteiger partial charge in [0, 0.05) is 12.7 Å². The minimum absolute atomic E-state index is 0.390. The number of carboxylic acids is 1. The maximum absolute atomic E-state index is 10.8. The Kier molecular flexibility index (Phi) is 4.23. The molecule has 78 valence electrons. The molecule has 0 unspecified atom stereocenters. The quantitative estimate of drug-likeness (QED) is 0.709. The third-order valence-electron chi connectivity index (χ3n) is 2.30. The number of aromatic carboxylic acids is 1. The molecule has 1 N–H and O–H groups in total. The molecule has 0 aliphatic rings. The molecule has 14 heavy (non-hydrogen) atoms. The molecule has 3 heteroatoms. The predicted octanol–water partition coefficient (Wildman–Crippen LogP) is 2.77. The van der Waals surface area contributed by atoms with Crippen molar-refractivity contribution >= 4 is 5.97 Å². The molecule has 0 radical (unpaired) electrons. The molecular weight excluding hydrogens is 178 g/mol. The molecule has 0 saturated heterocycles. The Morgan fingerprint density at radius 3 is 2.86 bits per heavy atom. The van der Waals surface area contributed by atoms with Crippen molar-refractivity contribution in [1.29, 1.82) is 0 Å². The van der Waals surface area contributed by atoms with E-state index >= 15 is 0 Å². The van der Waals surface area contributed by atoms with Crippen molar-refractivity contribution < 1.29 is 9.90 Å². The van der Waals surface area contributed by atoms with Crippen molar-refractivity contribution in [3.63, 3.8) is 0 Å². The van der Waals surface area contributed by atoms with E-state index in [9.17, 15) is 4.79 Å². The summed E-state index contributed by atoms with van der Waals surface area (Å²) in [6, 6.07) is 3.42. The number of aromatic nitrogens is 1. The molecule has 0 aromatic carbocycles. The smallest absolute Gasteiger partial charge is 0.352 e. The lowest BCUT2D eigenvalue weighted by Crippen LogP contribution is -2.07. The van der Waals surface area contributed by atoms with Gasteiger partial charge in [-0.1, -0.05) is 26.2 Å². The first-order valence-corrected chi connectivity index (χ1v) is 5.14. The average molecular weight is 195 g/mol. The Hall–Kier alpha value is -1.25. The van der Waals surface area contributed by atoms with Crippen LogP contribution in [0.15, 0.2) is 18.3 Å². The third kappa shape index (κ3) is 2.91. The summed E-state index contributed by atoms with van der Waals surface area (Å²) in [6.45, 7) is 2.98. The normalized spacial score (nSPS) is 10.4. The lowest BCUT2D eigenvalue weighted by atomic mass is 10.2. The summed E-state index contributed by atoms with van der Waals surface area (Å²) >= 11 is 0. The van der Waals surface area contributed by atoms with Crippen LogP contribution >= 0.6 is 0 Å². The van der Waals surface area contributed by atoms with Gasteiger partial charge in [-0.15, -0.1) is 0 Å². The van der Waals surface area contributed by atoms with Crippen LogP contribution in [0.2, 0.25) is 0 Å². The first kappa shape index (κ1) is 10.8. The number of nitrogens with zero attached hydrogens (tertiary/aromatic N) is 1. The van der Waals surface area contributed by atoms with Crippen LogP contribution in [0.3, 0.4) is 0 Å². The summed E-state index contributed by atoms with van der Waals surface area (Å²) in [6.07, 6.45) is 6.49. The zero-order chi connectivity index (χ0) is 10.4. The Bertz CT molecular complexity index is 291. The maximum Gasteiger partial charge on any atom is 0.352 e. The van der Waals surface area contributed by atoms with Crippen LogP contribution in [-0.2, 0) is 6.54 Å². The molecule has 0 aliphatic heterocycles. The van der Waals surface area contributed by atoms with E-state index in [-0.39, 0.29) is 0 Å². The van der Waals surface area contributed by atoms with E-state index in [0.29, 0.717) is 5.69 Å². The van der Waals surface area contributed by atoms with E-state index in [4.69, 9.17) is 5.11 Å². The van der Waals surface area contributed by atoms with E-state index < -0.39 is 5.97 Å². The minimum atomic E-state index is -0.842. The van der Waals surface area contributed by atoms with Gasteiger partial charge in [0.2, 0.25) is 0 Å². The van der Waals surface area contributed by atoms with Gasteiger partial charge >= 0.3 is 5.97 Å². The van der Waals surface area contributed by atoms with Crippen molar-refractivity contribution in [3.05, 3.63) is 24.0 Å². The van der Waals surface area contributed by atoms with Crippen LogP contribution in [0.5, 0.6) is 0 Å². The molecule has 1 rings (SSSR count). The maximum atomic E-state index is 10.8. The molecule has 0 fully saturated rings. The number of carbonyl (C=O) groups is 1. The highest BCUT2D eigenvalue weighted by Crippen LogP contribution is 2.06. The van der Waals surface area contributed by atoms with Gasteiger partial charge in [0.1, 0.15) is 5.69 Å². The number of rotatable bonds is 6. The Balaban J connectivity index is 2.42. The highest BCUT2D eigenvalue weighted by Gasteiger charge is 2.07. The summed E-state index contributed by atoms with van der Waals surface area (Å²) in [5.41, 5.74) is 0.390. The monoisotopic (exact) mass is 195 g/mol. The average Bonchev–Trinajstić information content (AvgIpc) is 2.60. The van der Waals surface area contributed by atoms with Gasteiger partial charge in [-0.2, -0.15) is 0 Å². The lowest BCUT2D eigenvalue weighted by Gasteiger charge is -2.05. The van der Waals surface area contributed by atoms with Crippen molar-refractivity contribution in [2.45, 2.75) is 39.2 Å². The van der Waals surface area contributed by atoms with Gasteiger partial charge in [0.15, 0.2) is 0 Å². The molecule has 0 bridgehead atoms. The fourth-order valence-corrected chi connectivity index (χ4v) is 1.51. The number of hydrogen-bond donors (Lipinski definition) is 1. The van der Waals surface area contributed by atoms with Crippen molar-refractivity contribution in [1.82, 2.24) is 4.57 Å². The van der Waals surface area contributed by atoms with E-state index in [0.717, 1.165) is 13.0 Å². The van der Waals surface area contributed by atoms with Crippen molar-refractivity contribution in [2.75, 3.05) is 0 Å². The summed E-state index contributed by atoms with van der Waals surface area (Å²) < 4.78 is 1.80. The van der Waals surface area contributed by atoms with E-state index in [1.54, 1.807) is 16.7 Å². The second-order valence-electron chi connectivity index (χ2n) is 3.45. The van der Waals surface area contributed by atoms with Crippen molar-refractivity contribution in [2.24, 2.45) is 0 Å². The molecule has 0 atom stereocenters. The topological polar surface area (TPSA) is 42.2 Å². The Labute approximate surface area is 84.4 Å². The molecule has 0 saturated carbocycles. The molecule has 0 amide bonds. The first-order valence-electron chi connectivity index (χ1n) is 5.14. The van der Waals surface area contributed by atoms with Crippen LogP contribution in [0, 0.1) is 0 Å². The highest BCUT2D eigenvalue weighted by atomic mass is 16.4. The fourth-order valence-electron chi connectivity index (χ4n) is 1.51. The van der Waals surface area contributed by atoms with Gasteiger partial charge in [0.05, 0.1) is 0 Å². The van der Waals surface area contributed by atoms with E-state index in [2.05, 4.69) is 6.92 Å². The van der Waals surface area contributed by atoms with Crippen LogP contribution in [0.1, 0.15) is 43.1 Å². The lowest BCUT2D eigenvalue weighted by molar-refractivity contribution is 0.0685. The molecule has 1 heterocycles. The number of aryl methyl sites for hydroxylation is 1. The molecule has 3 nitrogen and oxygen atoms in total. The standard InChI is InChI=1S/C11H17NO2/c1-2-3-4-5-8-12-9-6-7-10(12)11(13)14/h6-7,9H,2-5,8H2,1H3,(H,13,14). The molecule has 0 aliphatic carbocycles. The largest absolute Gasteiger partial charge is 0.477 e. The van der Waals surface area contributed by atoms with Crippen LogP contribution in [0.4, 0.5) is 0 Å². The van der Waals surface area contributed by atoms with Gasteiger partial charge in [0.25, 0.3) is 0 Å². The molecule has 0 spiro atoms. The van der Waals surface area contributed by atoms with Gasteiger partial charge in [-0.05, 0) is 18.6 Å². The summed E-state index contributed by atoms with van der Waals surface area (Å²) in [5.74, 6) is -0.842. The molecular formula is C11H17NO2. The Morgan fingerprint density at radius 1 is 1.43 bits per heavy atom. The number of hydrogen-bond acceptors (Lipinski definition) is 1. The summed E-state index contributed by atoms with van der Waals surface area (Å²) in [7, 11) is 0. The van der Waals surface area contributed by atoms with Gasteiger partial charge in [-0.3, -0.25) is 0 Å². The SMILES string of the molecule is CCCCCCn1cccc1C(=O)O. The number of unbranched alkanes of at least 4 members (excludes halogenated alkanes) is 3. The van der Waals surface area contributed by atoms with Gasteiger partial charge < -0.3 is 9.67 Å². The number of carboxylic acid groups (broad SMARTS) is 1. The van der Waals surface area contributed by atoms with Crippen molar-refractivity contribution in [3.8, 4) is 0 Å². The second-order valence-corrected chi connectivity index (χ2v) is 3.45. The molecule has 1 aromatic rings. The second kappa shape index (κ2) is 5.47. The molecule has 1 aromatic heterocycles. The highest BCUT2D eigenvalue weighted by molar-refractivity contribution is 5.85. The zero-order valence-electron chi connectivity index (χ0n) is 8.57. The fraction of sp³-hybridized carbons (Fsp3) is 0.545. The zero-order valence-corrected chi connectivity index (χ0v) is 8.57. The first-order chi connectivity index (χ1) is 6.75. The Morgan fingerprint density at radius 2 is 2.21 bits per heavy atom. The minimum Gasteiger partial charge on any atom is -0.477 e. The van der Waals surface area contributed by atoms with Crippen LogP contribution in [-0.4, -0.2) is 15.6 Å². The van der Waals surface area contributed by atoms with Gasteiger partial charge in [-0.25, -0.2) is 4.79 Å². The van der Waals surface area contributed by atoms with E-state index in [1.165, 1.54) is 19.3 Å². The van der Waals surface area contributed by atoms with Crippen LogP contribution < -0.4 is 0 Å². The van der Waals surface area contributed by atoms with E-state index in [1.807, 2.05) is 6.20 Å². The summed E-state index contributed by atoms with van der Waals surface area (Å²) in [5, 5.41) is 8.84. The summed E-state index contributed by atoms with van der Waals surface area (Å²) in [4.78, 5) is 10.8. The van der Waals surface area contributed by atoms with Crippen LogP contribution in [0.25, 0.3) is 0 Å². The third-order valence-corrected chi connectivity index (χ3v) is 2.30.